The zero-order valence-electron chi connectivity index (χ0n) is 8.75. The molecular weight excluding hydrogens is 270 g/mol. The maximum absolute atomic E-state index is 12.1. The number of halogens is 1. The third-order valence-corrected chi connectivity index (χ3v) is 3.98. The minimum atomic E-state index is -0.272. The van der Waals surface area contributed by atoms with Crippen molar-refractivity contribution in [1.82, 2.24) is 0 Å². The summed E-state index contributed by atoms with van der Waals surface area (Å²) in [7, 11) is 0. The first-order chi connectivity index (χ1) is 7.70. The molecule has 0 saturated heterocycles. The largest absolute Gasteiger partial charge is 0.490 e. The molecule has 0 unspecified atom stereocenters. The van der Waals surface area contributed by atoms with E-state index in [1.165, 1.54) is 0 Å². The standard InChI is InChI=1S/C12H12BrNO2/c13-8-2-3-9-10(6-8)16-7-12(4-1-5-12)11(15)14-9/h2-3,6H,1,4-5,7H2,(H,14,15). The topological polar surface area (TPSA) is 38.3 Å². The van der Waals surface area contributed by atoms with Crippen LogP contribution in [-0.2, 0) is 4.79 Å². The highest BCUT2D eigenvalue weighted by molar-refractivity contribution is 9.10. The van der Waals surface area contributed by atoms with Gasteiger partial charge in [-0.05, 0) is 31.0 Å². The smallest absolute Gasteiger partial charge is 0.234 e. The van der Waals surface area contributed by atoms with Crippen molar-refractivity contribution < 1.29 is 9.53 Å². The Bertz CT molecular complexity index is 454. The summed E-state index contributed by atoms with van der Waals surface area (Å²) in [5.74, 6) is 0.867. The number of rotatable bonds is 0. The molecule has 1 amide bonds. The summed E-state index contributed by atoms with van der Waals surface area (Å²) in [5, 5.41) is 2.96. The van der Waals surface area contributed by atoms with Crippen molar-refractivity contribution in [1.29, 1.82) is 0 Å². The van der Waals surface area contributed by atoms with Crippen LogP contribution in [0.1, 0.15) is 19.3 Å². The van der Waals surface area contributed by atoms with E-state index in [0.717, 1.165) is 35.2 Å². The van der Waals surface area contributed by atoms with Crippen LogP contribution in [0.15, 0.2) is 22.7 Å². The van der Waals surface area contributed by atoms with Gasteiger partial charge in [0.1, 0.15) is 12.4 Å². The number of hydrogen-bond donors (Lipinski definition) is 1. The van der Waals surface area contributed by atoms with Gasteiger partial charge in [-0.3, -0.25) is 4.79 Å². The molecule has 3 rings (SSSR count). The highest BCUT2D eigenvalue weighted by atomic mass is 79.9. The lowest BCUT2D eigenvalue weighted by molar-refractivity contribution is -0.132. The van der Waals surface area contributed by atoms with Crippen molar-refractivity contribution >= 4 is 27.5 Å². The maximum Gasteiger partial charge on any atom is 0.234 e. The van der Waals surface area contributed by atoms with E-state index in [1.54, 1.807) is 0 Å². The molecule has 4 heteroatoms. The number of carbonyl (C=O) groups is 1. The molecule has 1 aliphatic heterocycles. The lowest BCUT2D eigenvalue weighted by atomic mass is 9.69. The van der Waals surface area contributed by atoms with Gasteiger partial charge >= 0.3 is 0 Å². The third-order valence-electron chi connectivity index (χ3n) is 3.49. The summed E-state index contributed by atoms with van der Waals surface area (Å²) >= 11 is 3.40. The first-order valence-corrected chi connectivity index (χ1v) is 6.23. The Kier molecular flexibility index (Phi) is 2.21. The number of nitrogens with one attached hydrogen (secondary N) is 1. The van der Waals surface area contributed by atoms with Crippen LogP contribution in [0.5, 0.6) is 5.75 Å². The number of ether oxygens (including phenoxy) is 1. The van der Waals surface area contributed by atoms with Gasteiger partial charge in [-0.15, -0.1) is 0 Å². The Morgan fingerprint density at radius 1 is 1.38 bits per heavy atom. The Balaban J connectivity index is 1.96. The molecule has 1 aromatic carbocycles. The fourth-order valence-corrected chi connectivity index (χ4v) is 2.57. The third kappa shape index (κ3) is 1.44. The fraction of sp³-hybridized carbons (Fsp3) is 0.417. The Morgan fingerprint density at radius 3 is 2.88 bits per heavy atom. The molecule has 3 nitrogen and oxygen atoms in total. The van der Waals surface area contributed by atoms with Gasteiger partial charge in [-0.2, -0.15) is 0 Å². The zero-order chi connectivity index (χ0) is 11.2. The minimum absolute atomic E-state index is 0.111. The summed E-state index contributed by atoms with van der Waals surface area (Å²) in [6.45, 7) is 0.502. The van der Waals surface area contributed by atoms with E-state index in [4.69, 9.17) is 4.74 Å². The average molecular weight is 282 g/mol. The van der Waals surface area contributed by atoms with Gasteiger partial charge in [-0.25, -0.2) is 0 Å². The maximum atomic E-state index is 12.1. The molecule has 0 atom stereocenters. The van der Waals surface area contributed by atoms with Gasteiger partial charge < -0.3 is 10.1 Å². The summed E-state index contributed by atoms with van der Waals surface area (Å²) in [6.07, 6.45) is 3.00. The number of amides is 1. The molecule has 2 aliphatic rings. The number of carbonyl (C=O) groups excluding carboxylic acids is 1. The molecule has 0 radical (unpaired) electrons. The van der Waals surface area contributed by atoms with Crippen LogP contribution in [0, 0.1) is 5.41 Å². The second-order valence-corrected chi connectivity index (χ2v) is 5.43. The molecule has 1 saturated carbocycles. The molecular formula is C12H12BrNO2. The first-order valence-electron chi connectivity index (χ1n) is 5.43. The predicted octanol–water partition coefficient (Wildman–Crippen LogP) is 2.95. The molecule has 1 spiro atoms. The van der Waals surface area contributed by atoms with Gasteiger partial charge in [0.25, 0.3) is 0 Å². The molecule has 1 aromatic rings. The van der Waals surface area contributed by atoms with Crippen molar-refractivity contribution in [2.45, 2.75) is 19.3 Å². The molecule has 1 heterocycles. The molecule has 1 N–H and O–H groups in total. The van der Waals surface area contributed by atoms with Crippen LogP contribution in [0.4, 0.5) is 5.69 Å². The van der Waals surface area contributed by atoms with Crippen LogP contribution in [0.3, 0.4) is 0 Å². The molecule has 84 valence electrons. The summed E-state index contributed by atoms with van der Waals surface area (Å²) in [4.78, 5) is 12.1. The van der Waals surface area contributed by atoms with Crippen molar-refractivity contribution in [3.8, 4) is 5.75 Å². The van der Waals surface area contributed by atoms with E-state index in [0.29, 0.717) is 6.61 Å². The SMILES string of the molecule is O=C1Nc2ccc(Br)cc2OCC12CCC2. The highest BCUT2D eigenvalue weighted by Crippen LogP contribution is 2.45. The number of benzene rings is 1. The van der Waals surface area contributed by atoms with Gasteiger partial charge in [0, 0.05) is 4.47 Å². The van der Waals surface area contributed by atoms with Gasteiger partial charge in [0.2, 0.25) is 5.91 Å². The van der Waals surface area contributed by atoms with Crippen molar-refractivity contribution in [3.63, 3.8) is 0 Å². The normalized spacial score (nSPS) is 21.4. The Labute approximate surface area is 102 Å². The highest BCUT2D eigenvalue weighted by Gasteiger charge is 2.46. The van der Waals surface area contributed by atoms with Crippen LogP contribution < -0.4 is 10.1 Å². The van der Waals surface area contributed by atoms with E-state index < -0.39 is 0 Å². The molecule has 1 aliphatic carbocycles. The number of hydrogen-bond acceptors (Lipinski definition) is 2. The second-order valence-electron chi connectivity index (χ2n) is 4.52. The van der Waals surface area contributed by atoms with E-state index in [2.05, 4.69) is 21.2 Å². The lowest BCUT2D eigenvalue weighted by Gasteiger charge is -2.37. The lowest BCUT2D eigenvalue weighted by Crippen LogP contribution is -2.45. The van der Waals surface area contributed by atoms with Gasteiger partial charge in [-0.1, -0.05) is 22.4 Å². The fourth-order valence-electron chi connectivity index (χ4n) is 2.23. The average Bonchev–Trinajstić information content (AvgIpc) is 2.33. The van der Waals surface area contributed by atoms with Crippen molar-refractivity contribution in [2.24, 2.45) is 5.41 Å². The van der Waals surface area contributed by atoms with Crippen LogP contribution in [0.25, 0.3) is 0 Å². The summed E-state index contributed by atoms with van der Waals surface area (Å²) in [5.41, 5.74) is 0.503. The van der Waals surface area contributed by atoms with Crippen molar-refractivity contribution in [3.05, 3.63) is 22.7 Å². The van der Waals surface area contributed by atoms with E-state index in [1.807, 2.05) is 18.2 Å². The van der Waals surface area contributed by atoms with Crippen molar-refractivity contribution in [2.75, 3.05) is 11.9 Å². The quantitative estimate of drug-likeness (QED) is 0.794. The summed E-state index contributed by atoms with van der Waals surface area (Å²) in [6, 6.07) is 5.67. The predicted molar refractivity (Wildman–Crippen MR) is 64.6 cm³/mol. The summed E-state index contributed by atoms with van der Waals surface area (Å²) < 4.78 is 6.71. The van der Waals surface area contributed by atoms with Gasteiger partial charge in [0.05, 0.1) is 11.1 Å². The number of anilines is 1. The Hall–Kier alpha value is -1.03. The van der Waals surface area contributed by atoms with Crippen LogP contribution in [-0.4, -0.2) is 12.5 Å². The van der Waals surface area contributed by atoms with E-state index in [-0.39, 0.29) is 11.3 Å². The first kappa shape index (κ1) is 10.1. The van der Waals surface area contributed by atoms with E-state index in [9.17, 15) is 4.79 Å². The molecule has 0 bridgehead atoms. The van der Waals surface area contributed by atoms with Crippen LogP contribution >= 0.6 is 15.9 Å². The Morgan fingerprint density at radius 2 is 2.19 bits per heavy atom. The van der Waals surface area contributed by atoms with Gasteiger partial charge in [0.15, 0.2) is 0 Å². The number of fused-ring (bicyclic) bond motifs is 1. The minimum Gasteiger partial charge on any atom is -0.490 e. The zero-order valence-corrected chi connectivity index (χ0v) is 10.3. The molecule has 0 aromatic heterocycles. The second kappa shape index (κ2) is 3.48. The monoisotopic (exact) mass is 281 g/mol. The molecule has 1 fully saturated rings. The van der Waals surface area contributed by atoms with E-state index >= 15 is 0 Å². The molecule has 16 heavy (non-hydrogen) atoms. The van der Waals surface area contributed by atoms with Crippen LogP contribution in [0.2, 0.25) is 0 Å².